The van der Waals surface area contributed by atoms with Gasteiger partial charge in [-0.15, -0.1) is 5.06 Å². The molecule has 2 aromatic heterocycles. The van der Waals surface area contributed by atoms with Crippen molar-refractivity contribution in [3.05, 3.63) is 35.9 Å². The fourth-order valence-electron chi connectivity index (χ4n) is 6.37. The number of nitrogens with two attached hydrogens (primary N) is 1. The molecule has 5 N–H and O–H groups in total. The molecule has 3 aromatic rings. The van der Waals surface area contributed by atoms with Crippen LogP contribution in [-0.2, 0) is 11.0 Å². The number of fused-ring (bicyclic) bond motifs is 1. The number of amides is 1. The molecule has 3 heterocycles. The molecule has 44 heavy (non-hydrogen) atoms. The molecule has 2 aliphatic carbocycles. The normalized spacial score (nSPS) is 22.3. The van der Waals surface area contributed by atoms with Gasteiger partial charge in [0.15, 0.2) is 17.0 Å². The molecule has 1 aromatic carbocycles. The van der Waals surface area contributed by atoms with Crippen molar-refractivity contribution in [1.82, 2.24) is 24.6 Å². The Morgan fingerprint density at radius 1 is 0.955 bits per heavy atom. The molecule has 238 valence electrons. The van der Waals surface area contributed by atoms with Crippen molar-refractivity contribution in [3.8, 4) is 0 Å². The minimum atomic E-state index is -4.84. The second-order valence-corrected chi connectivity index (χ2v) is 12.0. The monoisotopic (exact) mass is 619 g/mol. The average Bonchev–Trinajstić information content (AvgIpc) is 3.66. The first-order chi connectivity index (χ1) is 21.1. The van der Waals surface area contributed by atoms with Crippen LogP contribution in [0.4, 0.5) is 39.8 Å². The molecule has 15 heteroatoms. The number of hydrogen-bond acceptors (Lipinski definition) is 9. The lowest BCUT2D eigenvalue weighted by Gasteiger charge is -2.31. The Kier molecular flexibility index (Phi) is 8.76. The first-order valence-corrected chi connectivity index (χ1v) is 15.3. The summed E-state index contributed by atoms with van der Waals surface area (Å²) >= 11 is 0. The average molecular weight is 620 g/mol. The minimum Gasteiger partial charge on any atom is -0.365 e. The summed E-state index contributed by atoms with van der Waals surface area (Å²) < 4.78 is 55.4. The van der Waals surface area contributed by atoms with Gasteiger partial charge in [-0.05, 0) is 69.6 Å². The lowest BCUT2D eigenvalue weighted by molar-refractivity contribution is -0.137. The number of anilines is 3. The van der Waals surface area contributed by atoms with Gasteiger partial charge < -0.3 is 25.8 Å². The Morgan fingerprint density at radius 3 is 2.36 bits per heavy atom. The van der Waals surface area contributed by atoms with Gasteiger partial charge in [-0.2, -0.15) is 23.1 Å². The largest absolute Gasteiger partial charge is 0.430 e. The van der Waals surface area contributed by atoms with Crippen molar-refractivity contribution in [2.24, 2.45) is 5.73 Å². The molecule has 0 radical (unpaired) electrons. The number of benzene rings is 1. The van der Waals surface area contributed by atoms with E-state index in [0.29, 0.717) is 55.3 Å². The maximum absolute atomic E-state index is 13.4. The number of hydrogen-bond donors (Lipinski definition) is 4. The first-order valence-electron chi connectivity index (χ1n) is 15.3. The van der Waals surface area contributed by atoms with E-state index in [1.54, 1.807) is 0 Å². The number of nitrogens with zero attached hydrogens (tertiary/aromatic N) is 5. The van der Waals surface area contributed by atoms with E-state index in [-0.39, 0.29) is 18.1 Å². The van der Waals surface area contributed by atoms with Crippen molar-refractivity contribution in [1.29, 1.82) is 0 Å². The predicted molar refractivity (Wildman–Crippen MR) is 156 cm³/mol. The van der Waals surface area contributed by atoms with Gasteiger partial charge in [-0.1, -0.05) is 12.8 Å². The molecule has 0 unspecified atom stereocenters. The van der Waals surface area contributed by atoms with Gasteiger partial charge in [0.1, 0.15) is 5.82 Å². The van der Waals surface area contributed by atoms with Crippen LogP contribution in [0.15, 0.2) is 24.5 Å². The van der Waals surface area contributed by atoms with Crippen LogP contribution >= 0.6 is 0 Å². The van der Waals surface area contributed by atoms with Gasteiger partial charge in [0.2, 0.25) is 5.95 Å². The van der Waals surface area contributed by atoms with Crippen molar-refractivity contribution >= 4 is 34.7 Å². The van der Waals surface area contributed by atoms with Crippen LogP contribution in [0.2, 0.25) is 0 Å². The number of hydroxylamine groups is 2. The number of nitrogens with one attached hydrogen (secondary N) is 3. The number of imidazole rings is 1. The highest BCUT2D eigenvalue weighted by Gasteiger charge is 2.35. The van der Waals surface area contributed by atoms with Crippen LogP contribution in [0.3, 0.4) is 0 Å². The van der Waals surface area contributed by atoms with Gasteiger partial charge in [0, 0.05) is 37.3 Å². The summed E-state index contributed by atoms with van der Waals surface area (Å²) in [6.45, 7) is 0.692. The molecule has 11 nitrogen and oxygen atoms in total. The third kappa shape index (κ3) is 6.98. The fourth-order valence-corrected chi connectivity index (χ4v) is 6.37. The molecule has 1 saturated heterocycles. The van der Waals surface area contributed by atoms with Crippen LogP contribution in [0.25, 0.3) is 11.2 Å². The fraction of sp³-hybridized carbons (Fsp3) is 0.586. The number of piperidine rings is 1. The van der Waals surface area contributed by atoms with E-state index in [4.69, 9.17) is 25.5 Å². The Labute approximate surface area is 251 Å². The summed E-state index contributed by atoms with van der Waals surface area (Å²) in [6, 6.07) is 2.86. The molecule has 1 amide bonds. The third-order valence-electron chi connectivity index (χ3n) is 8.78. The van der Waals surface area contributed by atoms with E-state index in [2.05, 4.69) is 20.5 Å². The smallest absolute Gasteiger partial charge is 0.365 e. The number of rotatable bonds is 7. The van der Waals surface area contributed by atoms with Gasteiger partial charge in [0.25, 0.3) is 0 Å². The Morgan fingerprint density at radius 2 is 1.66 bits per heavy atom. The van der Waals surface area contributed by atoms with Crippen LogP contribution in [-0.4, -0.2) is 61.9 Å². The van der Waals surface area contributed by atoms with E-state index in [0.717, 1.165) is 56.3 Å². The van der Waals surface area contributed by atoms with E-state index >= 15 is 0 Å². The molecule has 6 rings (SSSR count). The summed E-state index contributed by atoms with van der Waals surface area (Å²) in [5, 5.41) is 10.5. The highest BCUT2D eigenvalue weighted by atomic mass is 19.4. The summed E-state index contributed by atoms with van der Waals surface area (Å²) in [7, 11) is 0. The van der Waals surface area contributed by atoms with Crippen LogP contribution in [0.1, 0.15) is 75.8 Å². The van der Waals surface area contributed by atoms with E-state index in [1.807, 2.05) is 6.33 Å². The zero-order chi connectivity index (χ0) is 30.8. The molecule has 3 fully saturated rings. The van der Waals surface area contributed by atoms with Gasteiger partial charge in [0.05, 0.1) is 17.6 Å². The topological polar surface area (TPSA) is 135 Å². The molecule has 2 saturated carbocycles. The summed E-state index contributed by atoms with van der Waals surface area (Å²) in [6.07, 6.45) is 5.45. The number of carbonyl (C=O) groups is 1. The van der Waals surface area contributed by atoms with Gasteiger partial charge in [-0.3, -0.25) is 5.32 Å². The number of halogens is 4. The van der Waals surface area contributed by atoms with Gasteiger partial charge >= 0.3 is 12.3 Å². The Balaban J connectivity index is 1.11. The summed E-state index contributed by atoms with van der Waals surface area (Å²) in [5.41, 5.74) is 5.72. The maximum atomic E-state index is 13.4. The predicted octanol–water partition coefficient (Wildman–Crippen LogP) is 5.82. The highest BCUT2D eigenvalue weighted by molar-refractivity contribution is 5.86. The minimum absolute atomic E-state index is 0.0119. The molecule has 0 atom stereocenters. The standard InChI is InChI=1S/C29H37F4N9O2/c30-17-5-10-23(22(15-17)29(31,32)33)38-28(43)44-41-13-11-20(12-14-41)36-25-24-26(42(16-35-24)21-3-1-2-4-21)40-27(39-25)37-19-8-6-18(34)7-9-19/h5,10,15-16,18-21H,1-4,6-9,11-14,34H2,(H,38,43)(H2,36,37,39,40)/t18-,19-. The third-order valence-corrected chi connectivity index (χ3v) is 8.78. The van der Waals surface area contributed by atoms with Crippen molar-refractivity contribution in [2.75, 3.05) is 29.0 Å². The quantitative estimate of drug-likeness (QED) is 0.241. The van der Waals surface area contributed by atoms with Crippen LogP contribution in [0, 0.1) is 5.82 Å². The number of alkyl halides is 3. The van der Waals surface area contributed by atoms with Crippen molar-refractivity contribution < 1.29 is 27.2 Å². The second kappa shape index (κ2) is 12.7. The number of carbonyl (C=O) groups excluding carboxylic acids is 1. The summed E-state index contributed by atoms with van der Waals surface area (Å²) in [5.74, 6) is 0.130. The first kappa shape index (κ1) is 30.3. The lowest BCUT2D eigenvalue weighted by Crippen LogP contribution is -2.41. The second-order valence-electron chi connectivity index (χ2n) is 12.0. The van der Waals surface area contributed by atoms with E-state index in [1.165, 1.54) is 17.9 Å². The molecule has 0 bridgehead atoms. The summed E-state index contributed by atoms with van der Waals surface area (Å²) in [4.78, 5) is 32.1. The molecule has 0 spiro atoms. The van der Waals surface area contributed by atoms with E-state index < -0.39 is 29.3 Å². The number of aromatic nitrogens is 4. The zero-order valence-electron chi connectivity index (χ0n) is 24.2. The lowest BCUT2D eigenvalue weighted by atomic mass is 9.92. The highest BCUT2D eigenvalue weighted by Crippen LogP contribution is 2.36. The van der Waals surface area contributed by atoms with Crippen molar-refractivity contribution in [3.63, 3.8) is 0 Å². The van der Waals surface area contributed by atoms with Crippen LogP contribution < -0.4 is 21.7 Å². The zero-order valence-corrected chi connectivity index (χ0v) is 24.2. The maximum Gasteiger partial charge on any atom is 0.430 e. The molecular weight excluding hydrogens is 582 g/mol. The van der Waals surface area contributed by atoms with Gasteiger partial charge in [-0.25, -0.2) is 14.2 Å². The van der Waals surface area contributed by atoms with Crippen molar-refractivity contribution in [2.45, 2.75) is 94.6 Å². The van der Waals surface area contributed by atoms with E-state index in [9.17, 15) is 22.4 Å². The molecule has 3 aliphatic rings. The SMILES string of the molecule is N[C@H]1CC[C@H](Nc2nc(NC3CCN(OC(=O)Nc4ccc(F)cc4C(F)(F)F)CC3)c3ncn(C4CCCC4)c3n2)CC1. The molecule has 1 aliphatic heterocycles. The molecular formula is C29H37F4N9O2. The Bertz CT molecular complexity index is 1460. The Hall–Kier alpha value is -3.72. The van der Waals surface area contributed by atoms with Crippen LogP contribution in [0.5, 0.6) is 0 Å².